The number of carboxylic acid groups (broad SMARTS) is 1. The fourth-order valence-electron chi connectivity index (χ4n) is 2.73. The Kier molecular flexibility index (Phi) is 4.52. The minimum Gasteiger partial charge on any atom is -0.476 e. The van der Waals surface area contributed by atoms with E-state index in [1.165, 1.54) is 12.4 Å². The number of aromatic carboxylic acids is 1. The lowest BCUT2D eigenvalue weighted by atomic mass is 9.93. The minimum absolute atomic E-state index is 0.0445. The van der Waals surface area contributed by atoms with E-state index in [1.54, 1.807) is 7.11 Å². The predicted octanol–water partition coefficient (Wildman–Crippen LogP) is 1.69. The third-order valence-electron chi connectivity index (χ3n) is 3.96. The highest BCUT2D eigenvalue weighted by Gasteiger charge is 2.24. The van der Waals surface area contributed by atoms with Gasteiger partial charge in [-0.3, -0.25) is 0 Å². The van der Waals surface area contributed by atoms with Crippen molar-refractivity contribution in [3.05, 3.63) is 35.6 Å². The lowest BCUT2D eigenvalue weighted by molar-refractivity contribution is 0.0690. The molecule has 2 aromatic heterocycles. The number of hydrogen-bond acceptors (Lipinski definition) is 7. The number of ether oxygens (including phenoxy) is 1. The molecular weight excluding hydrogens is 300 g/mol. The molecule has 0 atom stereocenters. The first-order chi connectivity index (χ1) is 11.2. The second-order valence-corrected chi connectivity index (χ2v) is 5.48. The zero-order chi connectivity index (χ0) is 16.2. The number of anilines is 1. The number of carbonyl (C=O) groups is 1. The van der Waals surface area contributed by atoms with Gasteiger partial charge in [-0.1, -0.05) is 5.16 Å². The molecule has 0 saturated carbocycles. The molecule has 122 valence electrons. The van der Waals surface area contributed by atoms with Crippen molar-refractivity contribution in [3.63, 3.8) is 0 Å². The lowest BCUT2D eigenvalue weighted by Crippen LogP contribution is -2.33. The maximum atomic E-state index is 10.8. The Morgan fingerprint density at radius 3 is 2.78 bits per heavy atom. The Balaban J connectivity index is 1.60. The quantitative estimate of drug-likeness (QED) is 0.888. The Bertz CT molecular complexity index is 662. The highest BCUT2D eigenvalue weighted by atomic mass is 16.5. The van der Waals surface area contributed by atoms with Crippen LogP contribution in [0.15, 0.2) is 23.0 Å². The molecule has 0 aromatic carbocycles. The van der Waals surface area contributed by atoms with Crippen LogP contribution in [0.1, 0.15) is 40.7 Å². The van der Waals surface area contributed by atoms with E-state index in [9.17, 15) is 4.79 Å². The van der Waals surface area contributed by atoms with E-state index in [0.717, 1.165) is 37.4 Å². The molecule has 0 radical (unpaired) electrons. The first-order valence-corrected chi connectivity index (χ1v) is 7.42. The van der Waals surface area contributed by atoms with Crippen molar-refractivity contribution in [1.82, 2.24) is 15.1 Å². The number of nitrogens with zero attached hydrogens (tertiary/aromatic N) is 4. The van der Waals surface area contributed by atoms with Gasteiger partial charge in [0.2, 0.25) is 0 Å². The van der Waals surface area contributed by atoms with E-state index in [2.05, 4.69) is 20.0 Å². The minimum atomic E-state index is -1.07. The summed E-state index contributed by atoms with van der Waals surface area (Å²) >= 11 is 0. The zero-order valence-electron chi connectivity index (χ0n) is 12.8. The Morgan fingerprint density at radius 2 is 2.17 bits per heavy atom. The van der Waals surface area contributed by atoms with Crippen LogP contribution in [-0.4, -0.2) is 46.4 Å². The summed E-state index contributed by atoms with van der Waals surface area (Å²) in [5.41, 5.74) is 0.918. The van der Waals surface area contributed by atoms with Crippen molar-refractivity contribution in [2.75, 3.05) is 25.1 Å². The van der Waals surface area contributed by atoms with Crippen LogP contribution in [0.4, 0.5) is 5.82 Å². The third-order valence-corrected chi connectivity index (χ3v) is 3.96. The van der Waals surface area contributed by atoms with Gasteiger partial charge in [0.1, 0.15) is 12.4 Å². The summed E-state index contributed by atoms with van der Waals surface area (Å²) in [5.74, 6) is 0.723. The van der Waals surface area contributed by atoms with Crippen LogP contribution in [-0.2, 0) is 11.3 Å². The molecule has 1 fully saturated rings. The van der Waals surface area contributed by atoms with Crippen molar-refractivity contribution < 1.29 is 19.2 Å². The van der Waals surface area contributed by atoms with E-state index in [1.807, 2.05) is 6.07 Å². The summed E-state index contributed by atoms with van der Waals surface area (Å²) in [5, 5.41) is 13.0. The van der Waals surface area contributed by atoms with Crippen molar-refractivity contribution in [1.29, 1.82) is 0 Å². The summed E-state index contributed by atoms with van der Waals surface area (Å²) in [6.07, 6.45) is 4.66. The monoisotopic (exact) mass is 318 g/mol. The molecule has 8 heteroatoms. The fourth-order valence-corrected chi connectivity index (χ4v) is 2.73. The molecule has 1 aliphatic heterocycles. The smallest absolute Gasteiger partial charge is 0.356 e. The fraction of sp³-hybridized carbons (Fsp3) is 0.467. The van der Waals surface area contributed by atoms with Gasteiger partial charge in [-0.15, -0.1) is 0 Å². The van der Waals surface area contributed by atoms with Crippen LogP contribution >= 0.6 is 0 Å². The SMILES string of the molecule is COCc1cc(C2CCN(c3cnc(C(=O)O)cn3)CC2)no1. The molecule has 1 N–H and O–H groups in total. The second-order valence-electron chi connectivity index (χ2n) is 5.48. The molecule has 0 bridgehead atoms. The van der Waals surface area contributed by atoms with Gasteiger partial charge in [0, 0.05) is 32.2 Å². The molecule has 0 amide bonds. The van der Waals surface area contributed by atoms with E-state index < -0.39 is 5.97 Å². The Hall–Kier alpha value is -2.48. The van der Waals surface area contributed by atoms with E-state index >= 15 is 0 Å². The maximum Gasteiger partial charge on any atom is 0.356 e. The van der Waals surface area contributed by atoms with Crippen molar-refractivity contribution in [3.8, 4) is 0 Å². The molecule has 3 heterocycles. The van der Waals surface area contributed by atoms with E-state index in [4.69, 9.17) is 14.4 Å². The van der Waals surface area contributed by atoms with Gasteiger partial charge >= 0.3 is 5.97 Å². The van der Waals surface area contributed by atoms with Crippen molar-refractivity contribution in [2.24, 2.45) is 0 Å². The predicted molar refractivity (Wildman–Crippen MR) is 80.4 cm³/mol. The molecular formula is C15H18N4O4. The average Bonchev–Trinajstić information content (AvgIpc) is 3.04. The molecule has 0 aliphatic carbocycles. The van der Waals surface area contributed by atoms with Gasteiger partial charge in [-0.05, 0) is 12.8 Å². The summed E-state index contributed by atoms with van der Waals surface area (Å²) < 4.78 is 10.3. The topological polar surface area (TPSA) is 102 Å². The first kappa shape index (κ1) is 15.4. The van der Waals surface area contributed by atoms with Crippen LogP contribution in [0.2, 0.25) is 0 Å². The largest absolute Gasteiger partial charge is 0.476 e. The van der Waals surface area contributed by atoms with Gasteiger partial charge in [-0.25, -0.2) is 14.8 Å². The first-order valence-electron chi connectivity index (χ1n) is 7.42. The number of methoxy groups -OCH3 is 1. The van der Waals surface area contributed by atoms with Gasteiger partial charge < -0.3 is 19.3 Å². The molecule has 0 spiro atoms. The number of piperidine rings is 1. The molecule has 8 nitrogen and oxygen atoms in total. The molecule has 23 heavy (non-hydrogen) atoms. The van der Waals surface area contributed by atoms with Crippen LogP contribution < -0.4 is 4.90 Å². The standard InChI is InChI=1S/C15H18N4O4/c1-22-9-11-6-12(18-23-11)10-2-4-19(5-3-10)14-8-16-13(7-17-14)15(20)21/h6-8,10H,2-5,9H2,1H3,(H,20,21). The summed E-state index contributed by atoms with van der Waals surface area (Å²) in [6.45, 7) is 2.06. The Labute approximate surface area is 133 Å². The Morgan fingerprint density at radius 1 is 1.39 bits per heavy atom. The highest BCUT2D eigenvalue weighted by Crippen LogP contribution is 2.29. The van der Waals surface area contributed by atoms with E-state index in [-0.39, 0.29) is 5.69 Å². The summed E-state index contributed by atoms with van der Waals surface area (Å²) in [6, 6.07) is 1.95. The van der Waals surface area contributed by atoms with Crippen molar-refractivity contribution in [2.45, 2.75) is 25.4 Å². The molecule has 3 rings (SSSR count). The van der Waals surface area contributed by atoms with Crippen LogP contribution in [0.3, 0.4) is 0 Å². The lowest BCUT2D eigenvalue weighted by Gasteiger charge is -2.31. The molecule has 1 aliphatic rings. The molecule has 2 aromatic rings. The van der Waals surface area contributed by atoms with Crippen LogP contribution in [0.25, 0.3) is 0 Å². The van der Waals surface area contributed by atoms with Crippen LogP contribution in [0, 0.1) is 0 Å². The number of aromatic nitrogens is 3. The number of rotatable bonds is 5. The van der Waals surface area contributed by atoms with Gasteiger partial charge in [0.25, 0.3) is 0 Å². The molecule has 1 saturated heterocycles. The maximum absolute atomic E-state index is 10.8. The third kappa shape index (κ3) is 3.48. The van der Waals surface area contributed by atoms with Gasteiger partial charge in [0.05, 0.1) is 18.1 Å². The zero-order valence-corrected chi connectivity index (χ0v) is 12.8. The summed E-state index contributed by atoms with van der Waals surface area (Å²) in [7, 11) is 1.62. The van der Waals surface area contributed by atoms with Gasteiger partial charge in [0.15, 0.2) is 11.5 Å². The van der Waals surface area contributed by atoms with Crippen molar-refractivity contribution >= 4 is 11.8 Å². The van der Waals surface area contributed by atoms with Crippen LogP contribution in [0.5, 0.6) is 0 Å². The highest BCUT2D eigenvalue weighted by molar-refractivity contribution is 5.84. The average molecular weight is 318 g/mol. The van der Waals surface area contributed by atoms with Gasteiger partial charge in [-0.2, -0.15) is 0 Å². The summed E-state index contributed by atoms with van der Waals surface area (Å²) in [4.78, 5) is 21.0. The normalized spacial score (nSPS) is 15.8. The molecule has 0 unspecified atom stereocenters. The number of hydrogen-bond donors (Lipinski definition) is 1. The second kappa shape index (κ2) is 6.74. The van der Waals surface area contributed by atoms with E-state index in [0.29, 0.717) is 18.3 Å². The number of carboxylic acids is 1.